The van der Waals surface area contributed by atoms with Crippen molar-refractivity contribution in [2.24, 2.45) is 0 Å². The number of methoxy groups -OCH3 is 1. The van der Waals surface area contributed by atoms with Crippen LogP contribution in [0.2, 0.25) is 0 Å². The first-order valence-corrected chi connectivity index (χ1v) is 11.2. The maximum atomic E-state index is 15.3. The number of alkyl halides is 1. The average molecular weight is 459 g/mol. The van der Waals surface area contributed by atoms with E-state index in [9.17, 15) is 4.39 Å². The molecule has 2 aliphatic rings. The molecule has 2 aliphatic heterocycles. The molecule has 33 heavy (non-hydrogen) atoms. The van der Waals surface area contributed by atoms with E-state index in [4.69, 9.17) is 14.0 Å². The van der Waals surface area contributed by atoms with Gasteiger partial charge in [0.2, 0.25) is 0 Å². The third-order valence-corrected chi connectivity index (χ3v) is 6.45. The lowest BCUT2D eigenvalue weighted by Gasteiger charge is -2.37. The number of fused-ring (bicyclic) bond motifs is 1. The molecule has 0 bridgehead atoms. The Labute approximate surface area is 190 Å². The number of nitrogens with zero attached hydrogens (tertiary/aromatic N) is 4. The van der Waals surface area contributed by atoms with Gasteiger partial charge >= 0.3 is 0 Å². The molecule has 1 aromatic carbocycles. The monoisotopic (exact) mass is 459 g/mol. The molecule has 0 radical (unpaired) electrons. The zero-order valence-corrected chi connectivity index (χ0v) is 18.9. The van der Waals surface area contributed by atoms with Gasteiger partial charge in [-0.2, -0.15) is 4.98 Å². The summed E-state index contributed by atoms with van der Waals surface area (Å²) in [6, 6.07) is 2.95. The summed E-state index contributed by atoms with van der Waals surface area (Å²) in [6.45, 7) is 5.57. The molecule has 1 N–H and O–H groups in total. The molecule has 2 aromatic heterocycles. The molecule has 4 heterocycles. The van der Waals surface area contributed by atoms with Crippen LogP contribution in [0.25, 0.3) is 22.4 Å². The SMILES string of the molecule is COc1cc(F)c2nc(N3CC[C@@H](N[C@@H]4CCOC4)[C@@H](F)C3)c(-c3nc(C)no3)c(C)c2c1. The number of piperidine rings is 1. The van der Waals surface area contributed by atoms with E-state index >= 15 is 4.39 Å². The fourth-order valence-electron chi connectivity index (χ4n) is 4.69. The molecule has 0 aliphatic carbocycles. The van der Waals surface area contributed by atoms with Crippen LogP contribution in [0.15, 0.2) is 16.7 Å². The van der Waals surface area contributed by atoms with Crippen molar-refractivity contribution in [2.45, 2.75) is 44.9 Å². The first-order chi connectivity index (χ1) is 15.9. The summed E-state index contributed by atoms with van der Waals surface area (Å²) in [6.07, 6.45) is 0.362. The Balaban J connectivity index is 1.55. The lowest BCUT2D eigenvalue weighted by molar-refractivity contribution is 0.172. The highest BCUT2D eigenvalue weighted by atomic mass is 19.1. The molecule has 0 amide bonds. The largest absolute Gasteiger partial charge is 0.497 e. The van der Waals surface area contributed by atoms with Crippen LogP contribution in [-0.2, 0) is 4.74 Å². The summed E-state index contributed by atoms with van der Waals surface area (Å²) in [5, 5.41) is 7.88. The van der Waals surface area contributed by atoms with Gasteiger partial charge in [-0.25, -0.2) is 13.8 Å². The summed E-state index contributed by atoms with van der Waals surface area (Å²) in [5.41, 5.74) is 1.50. The molecular formula is C23H27F2N5O3. The standard InChI is InChI=1S/C23H27F2N5O3/c1-12-16-8-15(31-3)9-17(24)21(16)28-22(20(12)23-26-13(2)29-33-23)30-6-4-19(18(25)10-30)27-14-5-7-32-11-14/h8-9,14,18-19,27H,4-7,10-11H2,1-3H3/t14-,18+,19-/m1/s1. The summed E-state index contributed by atoms with van der Waals surface area (Å²) in [7, 11) is 1.48. The maximum Gasteiger partial charge on any atom is 0.261 e. The number of anilines is 1. The minimum Gasteiger partial charge on any atom is -0.497 e. The third kappa shape index (κ3) is 4.13. The van der Waals surface area contributed by atoms with Crippen molar-refractivity contribution in [2.75, 3.05) is 38.3 Å². The smallest absolute Gasteiger partial charge is 0.261 e. The van der Waals surface area contributed by atoms with Crippen molar-refractivity contribution in [3.8, 4) is 17.2 Å². The van der Waals surface area contributed by atoms with E-state index in [2.05, 4.69) is 20.4 Å². The molecule has 0 unspecified atom stereocenters. The second-order valence-corrected chi connectivity index (χ2v) is 8.67. The number of benzene rings is 1. The highest BCUT2D eigenvalue weighted by molar-refractivity contribution is 5.93. The highest BCUT2D eigenvalue weighted by Crippen LogP contribution is 2.39. The quantitative estimate of drug-likeness (QED) is 0.622. The molecule has 0 saturated carbocycles. The Morgan fingerprint density at radius 3 is 2.73 bits per heavy atom. The lowest BCUT2D eigenvalue weighted by Crippen LogP contribution is -2.54. The minimum absolute atomic E-state index is 0.126. The molecule has 8 nitrogen and oxygen atoms in total. The van der Waals surface area contributed by atoms with Crippen LogP contribution in [0.5, 0.6) is 5.75 Å². The fourth-order valence-corrected chi connectivity index (χ4v) is 4.69. The zero-order chi connectivity index (χ0) is 23.1. The Morgan fingerprint density at radius 2 is 2.06 bits per heavy atom. The topological polar surface area (TPSA) is 85.5 Å². The first-order valence-electron chi connectivity index (χ1n) is 11.2. The number of hydrogen-bond donors (Lipinski definition) is 1. The molecule has 0 spiro atoms. The van der Waals surface area contributed by atoms with Crippen LogP contribution in [0.1, 0.15) is 24.2 Å². The second-order valence-electron chi connectivity index (χ2n) is 8.67. The number of nitrogens with one attached hydrogen (secondary N) is 1. The van der Waals surface area contributed by atoms with Gasteiger partial charge in [0, 0.05) is 36.7 Å². The Bertz CT molecular complexity index is 1160. The van der Waals surface area contributed by atoms with Gasteiger partial charge in [-0.15, -0.1) is 0 Å². The van der Waals surface area contributed by atoms with Crippen LogP contribution in [0.3, 0.4) is 0 Å². The van der Waals surface area contributed by atoms with Crippen molar-refractivity contribution in [3.63, 3.8) is 0 Å². The normalized spacial score (nSPS) is 23.4. The predicted octanol–water partition coefficient (Wildman–Crippen LogP) is 3.34. The Kier molecular flexibility index (Phi) is 5.88. The number of ether oxygens (including phenoxy) is 2. The molecule has 5 rings (SSSR count). The van der Waals surface area contributed by atoms with Gasteiger partial charge in [0.25, 0.3) is 5.89 Å². The molecule has 10 heteroatoms. The number of halogens is 2. The Morgan fingerprint density at radius 1 is 1.21 bits per heavy atom. The van der Waals surface area contributed by atoms with Gasteiger partial charge in [-0.1, -0.05) is 5.16 Å². The summed E-state index contributed by atoms with van der Waals surface area (Å²) in [5.74, 6) is 1.07. The van der Waals surface area contributed by atoms with Gasteiger partial charge in [-0.05, 0) is 38.3 Å². The molecule has 3 atom stereocenters. The molecular weight excluding hydrogens is 432 g/mol. The van der Waals surface area contributed by atoms with Gasteiger partial charge in [0.1, 0.15) is 23.3 Å². The number of rotatable bonds is 5. The minimum atomic E-state index is -1.12. The number of aryl methyl sites for hydroxylation is 2. The predicted molar refractivity (Wildman–Crippen MR) is 119 cm³/mol. The van der Waals surface area contributed by atoms with Crippen molar-refractivity contribution in [3.05, 3.63) is 29.3 Å². The van der Waals surface area contributed by atoms with E-state index in [0.29, 0.717) is 54.5 Å². The second kappa shape index (κ2) is 8.83. The fraction of sp³-hybridized carbons (Fsp3) is 0.522. The van der Waals surface area contributed by atoms with Crippen LogP contribution in [0.4, 0.5) is 14.6 Å². The van der Waals surface area contributed by atoms with Crippen molar-refractivity contribution in [1.29, 1.82) is 0 Å². The molecule has 2 fully saturated rings. The molecule has 2 saturated heterocycles. The van der Waals surface area contributed by atoms with Crippen molar-refractivity contribution in [1.82, 2.24) is 20.4 Å². The van der Waals surface area contributed by atoms with Gasteiger partial charge in [-0.3, -0.25) is 0 Å². The first kappa shape index (κ1) is 22.0. The van der Waals surface area contributed by atoms with E-state index in [1.54, 1.807) is 13.0 Å². The van der Waals surface area contributed by atoms with Gasteiger partial charge < -0.3 is 24.2 Å². The van der Waals surface area contributed by atoms with E-state index < -0.39 is 12.0 Å². The number of pyridine rings is 1. The van der Waals surface area contributed by atoms with Crippen molar-refractivity contribution >= 4 is 16.7 Å². The maximum absolute atomic E-state index is 15.3. The lowest BCUT2D eigenvalue weighted by atomic mass is 9.98. The van der Waals surface area contributed by atoms with E-state index in [1.165, 1.54) is 13.2 Å². The summed E-state index contributed by atoms with van der Waals surface area (Å²) >= 11 is 0. The number of hydrogen-bond acceptors (Lipinski definition) is 8. The van der Waals surface area contributed by atoms with Gasteiger partial charge in [0.05, 0.1) is 25.8 Å². The highest BCUT2D eigenvalue weighted by Gasteiger charge is 2.34. The van der Waals surface area contributed by atoms with E-state index in [-0.39, 0.29) is 30.0 Å². The molecule has 3 aromatic rings. The summed E-state index contributed by atoms with van der Waals surface area (Å²) < 4.78 is 46.3. The van der Waals surface area contributed by atoms with E-state index in [1.807, 2.05) is 11.8 Å². The van der Waals surface area contributed by atoms with Crippen LogP contribution < -0.4 is 15.0 Å². The zero-order valence-electron chi connectivity index (χ0n) is 18.9. The van der Waals surface area contributed by atoms with Gasteiger partial charge in [0.15, 0.2) is 11.6 Å². The summed E-state index contributed by atoms with van der Waals surface area (Å²) in [4.78, 5) is 10.9. The van der Waals surface area contributed by atoms with Crippen LogP contribution in [-0.4, -0.2) is 66.8 Å². The van der Waals surface area contributed by atoms with Crippen molar-refractivity contribution < 1.29 is 22.8 Å². The van der Waals surface area contributed by atoms with Crippen LogP contribution >= 0.6 is 0 Å². The third-order valence-electron chi connectivity index (χ3n) is 6.45. The molecule has 176 valence electrons. The van der Waals surface area contributed by atoms with E-state index in [0.717, 1.165) is 12.0 Å². The average Bonchev–Trinajstić information content (AvgIpc) is 3.47. The number of aromatic nitrogens is 3. The van der Waals surface area contributed by atoms with Crippen LogP contribution in [0, 0.1) is 19.7 Å². The Hall–Kier alpha value is -2.85.